The number of aromatic nitrogens is 3. The maximum absolute atomic E-state index is 13.5. The zero-order valence-electron chi connectivity index (χ0n) is 14.8. The predicted octanol–water partition coefficient (Wildman–Crippen LogP) is 4.74. The first-order chi connectivity index (χ1) is 12.5. The second-order valence-electron chi connectivity index (χ2n) is 6.66. The van der Waals surface area contributed by atoms with Crippen molar-refractivity contribution in [2.45, 2.75) is 37.9 Å². The van der Waals surface area contributed by atoms with Crippen LogP contribution >= 0.6 is 11.8 Å². The lowest BCUT2D eigenvalue weighted by Crippen LogP contribution is -2.06. The van der Waals surface area contributed by atoms with Crippen LogP contribution < -0.4 is 0 Å². The van der Waals surface area contributed by atoms with Crippen LogP contribution in [0.2, 0.25) is 0 Å². The Hall–Kier alpha value is -2.34. The van der Waals surface area contributed by atoms with E-state index in [0.717, 1.165) is 17.0 Å². The number of benzene rings is 1. The van der Waals surface area contributed by atoms with Crippen molar-refractivity contribution in [1.82, 2.24) is 14.1 Å². The van der Waals surface area contributed by atoms with Gasteiger partial charge < -0.3 is 4.57 Å². The quantitative estimate of drug-likeness (QED) is 0.465. The third kappa shape index (κ3) is 3.21. The lowest BCUT2D eigenvalue weighted by Gasteiger charge is -2.08. The van der Waals surface area contributed by atoms with Gasteiger partial charge in [-0.3, -0.25) is 9.36 Å². The maximum Gasteiger partial charge on any atom is 0.175 e. The first-order valence-electron chi connectivity index (χ1n) is 8.68. The molecule has 4 nitrogen and oxygen atoms in total. The number of hydrogen-bond donors (Lipinski definition) is 0. The molecule has 0 radical (unpaired) electrons. The van der Waals surface area contributed by atoms with Crippen molar-refractivity contribution < 1.29 is 9.18 Å². The lowest BCUT2D eigenvalue weighted by molar-refractivity contribution is 0.102. The third-order valence-electron chi connectivity index (χ3n) is 4.72. The fraction of sp³-hybridized carbons (Fsp3) is 0.300. The van der Waals surface area contributed by atoms with Gasteiger partial charge in [0.1, 0.15) is 5.82 Å². The van der Waals surface area contributed by atoms with Crippen LogP contribution in [0.4, 0.5) is 4.39 Å². The Balaban J connectivity index is 1.51. The lowest BCUT2D eigenvalue weighted by atomic mass is 10.2. The molecule has 1 fully saturated rings. The Labute approximate surface area is 156 Å². The van der Waals surface area contributed by atoms with E-state index in [1.807, 2.05) is 19.1 Å². The monoisotopic (exact) mass is 369 g/mol. The molecule has 1 aliphatic rings. The predicted molar refractivity (Wildman–Crippen MR) is 101 cm³/mol. The van der Waals surface area contributed by atoms with Crippen LogP contribution in [-0.2, 0) is 0 Å². The molecule has 0 unspecified atom stereocenters. The van der Waals surface area contributed by atoms with Gasteiger partial charge in [-0.05, 0) is 51.0 Å². The minimum absolute atomic E-state index is 0.101. The van der Waals surface area contributed by atoms with Gasteiger partial charge in [0.05, 0.1) is 11.4 Å². The zero-order valence-corrected chi connectivity index (χ0v) is 15.6. The molecule has 1 saturated carbocycles. The number of imidazole rings is 1. The van der Waals surface area contributed by atoms with Crippen molar-refractivity contribution in [3.05, 3.63) is 65.5 Å². The van der Waals surface area contributed by atoms with Crippen LogP contribution in [0.25, 0.3) is 5.69 Å². The second kappa shape index (κ2) is 6.76. The van der Waals surface area contributed by atoms with Gasteiger partial charge in [0.2, 0.25) is 0 Å². The SMILES string of the molecule is Cc1cc(C(=O)CSc2nccn2-c2cccc(F)c2)c(C)n1C1CC1. The Morgan fingerprint density at radius 1 is 1.31 bits per heavy atom. The summed E-state index contributed by atoms with van der Waals surface area (Å²) >= 11 is 1.38. The molecule has 6 heteroatoms. The van der Waals surface area contributed by atoms with Crippen molar-refractivity contribution in [2.24, 2.45) is 0 Å². The van der Waals surface area contributed by atoms with Crippen LogP contribution in [0.1, 0.15) is 40.6 Å². The number of thioether (sulfide) groups is 1. The molecule has 0 amide bonds. The van der Waals surface area contributed by atoms with Gasteiger partial charge in [0, 0.05) is 35.4 Å². The largest absolute Gasteiger partial charge is 0.345 e. The van der Waals surface area contributed by atoms with Crippen molar-refractivity contribution in [3.63, 3.8) is 0 Å². The van der Waals surface area contributed by atoms with E-state index in [2.05, 4.69) is 16.5 Å². The molecule has 4 rings (SSSR count). The second-order valence-corrected chi connectivity index (χ2v) is 7.60. The molecular formula is C20H20FN3OS. The summed E-state index contributed by atoms with van der Waals surface area (Å²) in [5, 5.41) is 0.681. The van der Waals surface area contributed by atoms with E-state index in [4.69, 9.17) is 0 Å². The molecule has 134 valence electrons. The van der Waals surface area contributed by atoms with E-state index in [-0.39, 0.29) is 11.6 Å². The van der Waals surface area contributed by atoms with Crippen molar-refractivity contribution in [1.29, 1.82) is 0 Å². The number of rotatable bonds is 6. The Morgan fingerprint density at radius 3 is 2.85 bits per heavy atom. The van der Waals surface area contributed by atoms with Crippen LogP contribution in [0, 0.1) is 19.7 Å². The highest BCUT2D eigenvalue weighted by molar-refractivity contribution is 7.99. The number of ketones is 1. The minimum atomic E-state index is -0.296. The Kier molecular flexibility index (Phi) is 4.44. The highest BCUT2D eigenvalue weighted by Crippen LogP contribution is 2.38. The number of Topliss-reactive ketones (excluding diaryl/α,β-unsaturated/α-hetero) is 1. The molecule has 1 aliphatic carbocycles. The first kappa shape index (κ1) is 17.1. The summed E-state index contributed by atoms with van der Waals surface area (Å²) in [6, 6.07) is 8.91. The summed E-state index contributed by atoms with van der Waals surface area (Å²) in [5.74, 6) is 0.112. The summed E-state index contributed by atoms with van der Waals surface area (Å²) in [6.07, 6.45) is 5.84. The average Bonchev–Trinajstić information content (AvgIpc) is 3.25. The first-order valence-corrected chi connectivity index (χ1v) is 9.67. The van der Waals surface area contributed by atoms with Crippen molar-refractivity contribution in [3.8, 4) is 5.69 Å². The zero-order chi connectivity index (χ0) is 18.3. The minimum Gasteiger partial charge on any atom is -0.345 e. The number of halogens is 1. The topological polar surface area (TPSA) is 39.8 Å². The van der Waals surface area contributed by atoms with Gasteiger partial charge >= 0.3 is 0 Å². The van der Waals surface area contributed by atoms with Gasteiger partial charge in [-0.25, -0.2) is 9.37 Å². The molecule has 0 atom stereocenters. The van der Waals surface area contributed by atoms with Crippen LogP contribution in [0.3, 0.4) is 0 Å². The highest BCUT2D eigenvalue weighted by atomic mass is 32.2. The van der Waals surface area contributed by atoms with E-state index in [9.17, 15) is 9.18 Å². The van der Waals surface area contributed by atoms with Crippen LogP contribution in [0.15, 0.2) is 47.9 Å². The molecule has 0 bridgehead atoms. The summed E-state index contributed by atoms with van der Waals surface area (Å²) < 4.78 is 17.6. The molecule has 0 aliphatic heterocycles. The summed E-state index contributed by atoms with van der Waals surface area (Å²) in [5.41, 5.74) is 3.71. The molecule has 0 saturated heterocycles. The molecule has 3 aromatic rings. The maximum atomic E-state index is 13.5. The van der Waals surface area contributed by atoms with Crippen LogP contribution in [-0.4, -0.2) is 25.7 Å². The molecule has 0 N–H and O–H groups in total. The van der Waals surface area contributed by atoms with E-state index in [0.29, 0.717) is 22.6 Å². The molecule has 2 heterocycles. The van der Waals surface area contributed by atoms with Gasteiger partial charge in [0.25, 0.3) is 0 Å². The van der Waals surface area contributed by atoms with Gasteiger partial charge in [-0.15, -0.1) is 0 Å². The van der Waals surface area contributed by atoms with E-state index in [1.165, 1.54) is 36.7 Å². The fourth-order valence-corrected chi connectivity index (χ4v) is 4.24. The van der Waals surface area contributed by atoms with E-state index in [1.54, 1.807) is 23.0 Å². The van der Waals surface area contributed by atoms with Gasteiger partial charge in [-0.1, -0.05) is 17.8 Å². The molecule has 2 aromatic heterocycles. The Bertz CT molecular complexity index is 971. The summed E-state index contributed by atoms with van der Waals surface area (Å²) in [7, 11) is 0. The molecule has 0 spiro atoms. The fourth-order valence-electron chi connectivity index (χ4n) is 3.38. The number of carbonyl (C=O) groups excluding carboxylic acids is 1. The number of hydrogen-bond acceptors (Lipinski definition) is 3. The van der Waals surface area contributed by atoms with Gasteiger partial charge in [0.15, 0.2) is 10.9 Å². The summed E-state index contributed by atoms with van der Waals surface area (Å²) in [4.78, 5) is 17.1. The molecular weight excluding hydrogens is 349 g/mol. The van der Waals surface area contributed by atoms with E-state index < -0.39 is 0 Å². The van der Waals surface area contributed by atoms with E-state index >= 15 is 0 Å². The Morgan fingerprint density at radius 2 is 2.12 bits per heavy atom. The summed E-state index contributed by atoms with van der Waals surface area (Å²) in [6.45, 7) is 4.09. The number of aryl methyl sites for hydroxylation is 1. The highest BCUT2D eigenvalue weighted by Gasteiger charge is 2.28. The van der Waals surface area contributed by atoms with Crippen LogP contribution in [0.5, 0.6) is 0 Å². The third-order valence-corrected chi connectivity index (χ3v) is 5.69. The van der Waals surface area contributed by atoms with Crippen molar-refractivity contribution in [2.75, 3.05) is 5.75 Å². The number of nitrogens with zero attached hydrogens (tertiary/aromatic N) is 3. The molecule has 1 aromatic carbocycles. The van der Waals surface area contributed by atoms with Gasteiger partial charge in [-0.2, -0.15) is 0 Å². The standard InChI is InChI=1S/C20H20FN3OS/c1-13-10-18(14(2)24(13)16-6-7-16)19(25)12-26-20-22-8-9-23(20)17-5-3-4-15(21)11-17/h3-5,8-11,16H,6-7,12H2,1-2H3. The normalized spacial score (nSPS) is 14.0. The smallest absolute Gasteiger partial charge is 0.175 e. The molecule has 26 heavy (non-hydrogen) atoms. The average molecular weight is 369 g/mol. The number of carbonyl (C=O) groups is 1. The van der Waals surface area contributed by atoms with Crippen molar-refractivity contribution >= 4 is 17.5 Å².